The Kier molecular flexibility index (Phi) is 6.32. The second-order valence-electron chi connectivity index (χ2n) is 7.75. The molecule has 150 valence electrons. The van der Waals surface area contributed by atoms with Crippen molar-refractivity contribution in [1.29, 1.82) is 0 Å². The number of amides is 2. The molecule has 29 heavy (non-hydrogen) atoms. The van der Waals surface area contributed by atoms with E-state index in [2.05, 4.69) is 35.6 Å². The van der Waals surface area contributed by atoms with Gasteiger partial charge in [0, 0.05) is 19.2 Å². The molecule has 4 heteroatoms. The van der Waals surface area contributed by atoms with Crippen molar-refractivity contribution < 1.29 is 9.59 Å². The number of likely N-dealkylation sites (N-methyl/N-ethyl adjacent to an activating group) is 1. The van der Waals surface area contributed by atoms with Crippen molar-refractivity contribution in [2.75, 3.05) is 18.9 Å². The third-order valence-corrected chi connectivity index (χ3v) is 5.19. The number of hydrogen-bond donors (Lipinski definition) is 1. The molecule has 0 aliphatic carbocycles. The zero-order valence-electron chi connectivity index (χ0n) is 17.6. The lowest BCUT2D eigenvalue weighted by atomic mass is 10.0. The fraction of sp³-hybridized carbons (Fsp3) is 0.280. The van der Waals surface area contributed by atoms with E-state index in [1.54, 1.807) is 7.05 Å². The summed E-state index contributed by atoms with van der Waals surface area (Å²) in [5, 5.41) is 5.32. The molecule has 0 radical (unpaired) electrons. The summed E-state index contributed by atoms with van der Waals surface area (Å²) in [4.78, 5) is 26.4. The number of nitrogens with zero attached hydrogens (tertiary/aromatic N) is 1. The molecule has 0 spiro atoms. The van der Waals surface area contributed by atoms with E-state index >= 15 is 0 Å². The van der Waals surface area contributed by atoms with E-state index in [9.17, 15) is 9.59 Å². The summed E-state index contributed by atoms with van der Waals surface area (Å²) in [7, 11) is 1.68. The summed E-state index contributed by atoms with van der Waals surface area (Å²) >= 11 is 0. The molecular formula is C25H28N2O2. The molecule has 0 unspecified atom stereocenters. The van der Waals surface area contributed by atoms with E-state index in [0.29, 0.717) is 12.8 Å². The predicted octanol–water partition coefficient (Wildman–Crippen LogP) is 4.79. The van der Waals surface area contributed by atoms with Crippen molar-refractivity contribution in [3.63, 3.8) is 0 Å². The molecular weight excluding hydrogens is 360 g/mol. The molecule has 0 atom stereocenters. The van der Waals surface area contributed by atoms with Crippen LogP contribution in [0.5, 0.6) is 0 Å². The van der Waals surface area contributed by atoms with Crippen LogP contribution in [0.15, 0.2) is 54.6 Å². The molecule has 0 saturated carbocycles. The van der Waals surface area contributed by atoms with Gasteiger partial charge in [-0.25, -0.2) is 0 Å². The van der Waals surface area contributed by atoms with Crippen molar-refractivity contribution in [1.82, 2.24) is 4.90 Å². The Balaban J connectivity index is 1.55. The zero-order chi connectivity index (χ0) is 21.0. The van der Waals surface area contributed by atoms with E-state index in [0.717, 1.165) is 22.4 Å². The van der Waals surface area contributed by atoms with Crippen molar-refractivity contribution in [3.05, 3.63) is 76.9 Å². The Morgan fingerprint density at radius 3 is 2.24 bits per heavy atom. The van der Waals surface area contributed by atoms with E-state index in [1.807, 2.05) is 45.0 Å². The second kappa shape index (κ2) is 8.91. The summed E-state index contributed by atoms with van der Waals surface area (Å²) in [5.74, 6) is -0.215. The lowest BCUT2D eigenvalue weighted by Gasteiger charge is -2.18. The number of carbonyl (C=O) groups is 2. The molecule has 0 aliphatic rings. The molecule has 0 aliphatic heterocycles. The van der Waals surface area contributed by atoms with Crippen molar-refractivity contribution >= 4 is 28.3 Å². The number of nitrogens with one attached hydrogen (secondary N) is 1. The van der Waals surface area contributed by atoms with Crippen molar-refractivity contribution in [2.24, 2.45) is 0 Å². The van der Waals surface area contributed by atoms with Gasteiger partial charge in [-0.2, -0.15) is 0 Å². The van der Waals surface area contributed by atoms with Crippen LogP contribution in [0.2, 0.25) is 0 Å². The molecule has 3 aromatic rings. The van der Waals surface area contributed by atoms with E-state index in [1.165, 1.54) is 21.2 Å². The van der Waals surface area contributed by atoms with Crippen LogP contribution in [0.1, 0.15) is 28.7 Å². The predicted molar refractivity (Wildman–Crippen MR) is 119 cm³/mol. The molecule has 0 saturated heterocycles. The Hall–Kier alpha value is -3.14. The topological polar surface area (TPSA) is 49.4 Å². The number of rotatable bonds is 6. The molecule has 0 fully saturated rings. The van der Waals surface area contributed by atoms with Gasteiger partial charge in [0.15, 0.2) is 0 Å². The van der Waals surface area contributed by atoms with Crippen LogP contribution >= 0.6 is 0 Å². The fourth-order valence-electron chi connectivity index (χ4n) is 3.70. The highest BCUT2D eigenvalue weighted by molar-refractivity contribution is 5.95. The largest absolute Gasteiger partial charge is 0.336 e. The number of benzene rings is 3. The van der Waals surface area contributed by atoms with Crippen molar-refractivity contribution in [2.45, 2.75) is 33.6 Å². The van der Waals surface area contributed by atoms with E-state index in [4.69, 9.17) is 0 Å². The Bertz CT molecular complexity index is 1030. The minimum Gasteiger partial charge on any atom is -0.336 e. The number of fused-ring (bicyclic) bond motifs is 1. The Morgan fingerprint density at radius 1 is 0.897 bits per heavy atom. The third kappa shape index (κ3) is 5.23. The maximum atomic E-state index is 12.5. The van der Waals surface area contributed by atoms with Crippen LogP contribution in [0.4, 0.5) is 5.69 Å². The average Bonchev–Trinajstić information content (AvgIpc) is 2.68. The quantitative estimate of drug-likeness (QED) is 0.660. The molecule has 0 bridgehead atoms. The molecule has 2 amide bonds. The lowest BCUT2D eigenvalue weighted by Crippen LogP contribution is -2.35. The van der Waals surface area contributed by atoms with Crippen molar-refractivity contribution in [3.8, 4) is 0 Å². The van der Waals surface area contributed by atoms with Gasteiger partial charge in [-0.3, -0.25) is 9.59 Å². The first-order valence-corrected chi connectivity index (χ1v) is 9.93. The van der Waals surface area contributed by atoms with Gasteiger partial charge < -0.3 is 10.2 Å². The van der Waals surface area contributed by atoms with Gasteiger partial charge in [0.1, 0.15) is 0 Å². The third-order valence-electron chi connectivity index (χ3n) is 5.19. The number of hydrogen-bond acceptors (Lipinski definition) is 2. The normalized spacial score (nSPS) is 10.8. The van der Waals surface area contributed by atoms with E-state index in [-0.39, 0.29) is 18.4 Å². The zero-order valence-corrected chi connectivity index (χ0v) is 17.6. The number of anilines is 1. The number of aryl methyl sites for hydroxylation is 4. The molecule has 3 rings (SSSR count). The summed E-state index contributed by atoms with van der Waals surface area (Å²) in [6.07, 6.45) is 1.04. The van der Waals surface area contributed by atoms with Crippen LogP contribution in [-0.2, 0) is 16.0 Å². The maximum absolute atomic E-state index is 12.5. The van der Waals surface area contributed by atoms with Gasteiger partial charge in [-0.05, 0) is 54.7 Å². The van der Waals surface area contributed by atoms with Gasteiger partial charge >= 0.3 is 0 Å². The summed E-state index contributed by atoms with van der Waals surface area (Å²) < 4.78 is 0. The monoisotopic (exact) mass is 388 g/mol. The Labute approximate surface area is 172 Å². The van der Waals surface area contributed by atoms with Gasteiger partial charge in [0.2, 0.25) is 11.8 Å². The minimum absolute atomic E-state index is 0.0364. The molecule has 1 N–H and O–H groups in total. The molecule has 3 aromatic carbocycles. The van der Waals surface area contributed by atoms with Gasteiger partial charge in [0.05, 0.1) is 6.54 Å². The maximum Gasteiger partial charge on any atom is 0.243 e. The Morgan fingerprint density at radius 2 is 1.55 bits per heavy atom. The van der Waals surface area contributed by atoms with Crippen LogP contribution in [-0.4, -0.2) is 30.3 Å². The lowest BCUT2D eigenvalue weighted by molar-refractivity contribution is -0.133. The average molecular weight is 389 g/mol. The molecule has 0 aromatic heterocycles. The SMILES string of the molecule is Cc1cc(C)c(NC(=O)CN(C)C(=O)CCc2ccc3ccccc3c2)c(C)c1. The fourth-order valence-corrected chi connectivity index (χ4v) is 3.70. The second-order valence-corrected chi connectivity index (χ2v) is 7.75. The first-order valence-electron chi connectivity index (χ1n) is 9.93. The van der Waals surface area contributed by atoms with Crippen LogP contribution in [0.25, 0.3) is 10.8 Å². The summed E-state index contributed by atoms with van der Waals surface area (Å²) in [5.41, 5.74) is 5.18. The summed E-state index contributed by atoms with van der Waals surface area (Å²) in [6.45, 7) is 6.04. The van der Waals surface area contributed by atoms with Gasteiger partial charge in [0.25, 0.3) is 0 Å². The standard InChI is InChI=1S/C25H28N2O2/c1-17-13-18(2)25(19(3)14-17)26-23(28)16-27(4)24(29)12-10-20-9-11-21-7-5-6-8-22(21)15-20/h5-9,11,13-15H,10,12,16H2,1-4H3,(H,26,28). The molecule has 0 heterocycles. The first kappa shape index (κ1) is 20.6. The van der Waals surface area contributed by atoms with Gasteiger partial charge in [-0.1, -0.05) is 60.2 Å². The van der Waals surface area contributed by atoms with Gasteiger partial charge in [-0.15, -0.1) is 0 Å². The smallest absolute Gasteiger partial charge is 0.243 e. The van der Waals surface area contributed by atoms with Crippen LogP contribution in [0.3, 0.4) is 0 Å². The van der Waals surface area contributed by atoms with Crippen LogP contribution in [0, 0.1) is 20.8 Å². The van der Waals surface area contributed by atoms with Crippen LogP contribution < -0.4 is 5.32 Å². The molecule has 4 nitrogen and oxygen atoms in total. The summed E-state index contributed by atoms with van der Waals surface area (Å²) in [6, 6.07) is 18.5. The highest BCUT2D eigenvalue weighted by atomic mass is 16.2. The van der Waals surface area contributed by atoms with E-state index < -0.39 is 0 Å². The highest BCUT2D eigenvalue weighted by Gasteiger charge is 2.15. The first-order chi connectivity index (χ1) is 13.8. The number of carbonyl (C=O) groups excluding carboxylic acids is 2. The highest BCUT2D eigenvalue weighted by Crippen LogP contribution is 2.22. The minimum atomic E-state index is -0.179.